The van der Waals surface area contributed by atoms with Gasteiger partial charge in [-0.3, -0.25) is 4.79 Å². The number of rotatable bonds is 4. The Bertz CT molecular complexity index is 492. The van der Waals surface area contributed by atoms with Gasteiger partial charge in [-0.2, -0.15) is 0 Å². The average Bonchev–Trinajstić information content (AvgIpc) is 2.87. The fourth-order valence-electron chi connectivity index (χ4n) is 1.36. The number of thiophene rings is 2. The van der Waals surface area contributed by atoms with Crippen molar-refractivity contribution in [1.29, 1.82) is 0 Å². The van der Waals surface area contributed by atoms with Crippen LogP contribution in [0.5, 0.6) is 0 Å². The van der Waals surface area contributed by atoms with Gasteiger partial charge >= 0.3 is 0 Å². The first-order valence-electron chi connectivity index (χ1n) is 4.68. The van der Waals surface area contributed by atoms with E-state index in [9.17, 15) is 4.79 Å². The van der Waals surface area contributed by atoms with Gasteiger partial charge in [-0.25, -0.2) is 0 Å². The summed E-state index contributed by atoms with van der Waals surface area (Å²) < 4.78 is 1.13. The second kappa shape index (κ2) is 5.12. The number of hydrogen-bond donors (Lipinski definition) is 0. The minimum atomic E-state index is 0.772. The number of aldehydes is 1. The van der Waals surface area contributed by atoms with E-state index in [2.05, 4.69) is 32.3 Å². The van der Waals surface area contributed by atoms with Gasteiger partial charge in [0.1, 0.15) is 0 Å². The number of halogens is 1. The summed E-state index contributed by atoms with van der Waals surface area (Å²) in [5.41, 5.74) is 0. The summed E-state index contributed by atoms with van der Waals surface area (Å²) >= 11 is 6.69. The zero-order valence-corrected chi connectivity index (χ0v) is 11.9. The number of carbonyl (C=O) groups excluding carboxylic acids is 1. The maximum absolute atomic E-state index is 10.6. The second-order valence-corrected chi connectivity index (χ2v) is 6.39. The van der Waals surface area contributed by atoms with Crippen LogP contribution in [0.4, 0.5) is 5.00 Å². The lowest BCUT2D eigenvalue weighted by molar-refractivity contribution is 0.112. The zero-order valence-electron chi connectivity index (χ0n) is 8.64. The molecule has 0 N–H and O–H groups in total. The maximum Gasteiger partial charge on any atom is 0.160 e. The summed E-state index contributed by atoms with van der Waals surface area (Å²) in [4.78, 5) is 14.8. The van der Waals surface area contributed by atoms with Gasteiger partial charge in [-0.15, -0.1) is 22.7 Å². The highest BCUT2D eigenvalue weighted by atomic mass is 79.9. The Balaban J connectivity index is 2.07. The Hall–Kier alpha value is -0.650. The lowest BCUT2D eigenvalue weighted by Gasteiger charge is -2.15. The van der Waals surface area contributed by atoms with Gasteiger partial charge in [-0.05, 0) is 34.1 Å². The SMILES string of the molecule is CN(Cc1cc(Br)cs1)c1ccc(C=O)s1. The third-order valence-electron chi connectivity index (χ3n) is 2.12. The predicted molar refractivity (Wildman–Crippen MR) is 73.8 cm³/mol. The molecule has 5 heteroatoms. The molecule has 0 saturated carbocycles. The summed E-state index contributed by atoms with van der Waals surface area (Å²) in [6.45, 7) is 0.870. The van der Waals surface area contributed by atoms with Crippen LogP contribution in [0.2, 0.25) is 0 Å². The van der Waals surface area contributed by atoms with Gasteiger partial charge in [0.15, 0.2) is 6.29 Å². The Morgan fingerprint density at radius 3 is 2.88 bits per heavy atom. The van der Waals surface area contributed by atoms with Crippen molar-refractivity contribution >= 4 is 49.9 Å². The molecule has 2 aromatic rings. The molecule has 2 rings (SSSR count). The minimum absolute atomic E-state index is 0.772. The Morgan fingerprint density at radius 2 is 2.31 bits per heavy atom. The monoisotopic (exact) mass is 315 g/mol. The van der Waals surface area contributed by atoms with Crippen molar-refractivity contribution in [3.63, 3.8) is 0 Å². The van der Waals surface area contributed by atoms with Gasteiger partial charge in [-0.1, -0.05) is 0 Å². The van der Waals surface area contributed by atoms with Crippen LogP contribution in [0.15, 0.2) is 28.1 Å². The summed E-state index contributed by atoms with van der Waals surface area (Å²) in [5.74, 6) is 0. The lowest BCUT2D eigenvalue weighted by Crippen LogP contribution is -2.13. The van der Waals surface area contributed by atoms with E-state index in [1.807, 2.05) is 19.2 Å². The maximum atomic E-state index is 10.6. The van der Waals surface area contributed by atoms with E-state index < -0.39 is 0 Å². The molecule has 2 aromatic heterocycles. The molecule has 0 amide bonds. The van der Waals surface area contributed by atoms with Crippen LogP contribution < -0.4 is 4.90 Å². The molecule has 0 aliphatic heterocycles. The van der Waals surface area contributed by atoms with Gasteiger partial charge in [0.25, 0.3) is 0 Å². The molecule has 0 aliphatic carbocycles. The number of carbonyl (C=O) groups is 1. The lowest BCUT2D eigenvalue weighted by atomic mass is 10.4. The van der Waals surface area contributed by atoms with Crippen LogP contribution in [-0.2, 0) is 6.54 Å². The number of nitrogens with zero attached hydrogens (tertiary/aromatic N) is 1. The van der Waals surface area contributed by atoms with Crippen molar-refractivity contribution < 1.29 is 4.79 Å². The first kappa shape index (κ1) is 11.8. The smallest absolute Gasteiger partial charge is 0.160 e. The molecule has 84 valence electrons. The van der Waals surface area contributed by atoms with E-state index in [0.717, 1.165) is 27.2 Å². The molecular weight excluding hydrogens is 306 g/mol. The molecule has 2 nitrogen and oxygen atoms in total. The molecule has 0 aromatic carbocycles. The van der Waals surface area contributed by atoms with E-state index in [-0.39, 0.29) is 0 Å². The Kier molecular flexibility index (Phi) is 3.78. The van der Waals surface area contributed by atoms with Crippen molar-refractivity contribution in [2.45, 2.75) is 6.54 Å². The van der Waals surface area contributed by atoms with Crippen molar-refractivity contribution in [2.24, 2.45) is 0 Å². The fraction of sp³-hybridized carbons (Fsp3) is 0.182. The second-order valence-electron chi connectivity index (χ2n) is 3.38. The van der Waals surface area contributed by atoms with Crippen LogP contribution in [0.25, 0.3) is 0 Å². The van der Waals surface area contributed by atoms with Gasteiger partial charge < -0.3 is 4.90 Å². The van der Waals surface area contributed by atoms with Crippen LogP contribution in [0, 0.1) is 0 Å². The molecule has 0 unspecified atom stereocenters. The predicted octanol–water partition coefficient (Wildman–Crippen LogP) is 4.02. The van der Waals surface area contributed by atoms with E-state index >= 15 is 0 Å². The molecule has 0 bridgehead atoms. The van der Waals surface area contributed by atoms with Crippen molar-refractivity contribution in [1.82, 2.24) is 0 Å². The molecule has 0 fully saturated rings. The molecule has 16 heavy (non-hydrogen) atoms. The first-order chi connectivity index (χ1) is 7.69. The summed E-state index contributed by atoms with van der Waals surface area (Å²) in [7, 11) is 2.04. The third-order valence-corrected chi connectivity index (χ3v) is 4.93. The molecule has 0 spiro atoms. The highest BCUT2D eigenvalue weighted by Gasteiger charge is 2.06. The molecule has 0 saturated heterocycles. The van der Waals surface area contributed by atoms with Gasteiger partial charge in [0.05, 0.1) is 16.4 Å². The van der Waals surface area contributed by atoms with Gasteiger partial charge in [0, 0.05) is 21.8 Å². The van der Waals surface area contributed by atoms with Crippen LogP contribution >= 0.6 is 38.6 Å². The van der Waals surface area contributed by atoms with E-state index in [1.165, 1.54) is 16.2 Å². The largest absolute Gasteiger partial charge is 0.361 e. The molecular formula is C11H10BrNOS2. The van der Waals surface area contributed by atoms with Crippen molar-refractivity contribution in [2.75, 3.05) is 11.9 Å². The summed E-state index contributed by atoms with van der Waals surface area (Å²) in [5, 5.41) is 3.20. The average molecular weight is 316 g/mol. The van der Waals surface area contributed by atoms with Crippen LogP contribution in [0.3, 0.4) is 0 Å². The third kappa shape index (κ3) is 2.72. The highest BCUT2D eigenvalue weighted by molar-refractivity contribution is 9.10. The highest BCUT2D eigenvalue weighted by Crippen LogP contribution is 2.27. The van der Waals surface area contributed by atoms with E-state index in [0.29, 0.717) is 0 Å². The summed E-state index contributed by atoms with van der Waals surface area (Å²) in [6.07, 6.45) is 0.893. The van der Waals surface area contributed by atoms with Crippen molar-refractivity contribution in [3.05, 3.63) is 37.8 Å². The van der Waals surface area contributed by atoms with Gasteiger partial charge in [0.2, 0.25) is 0 Å². The zero-order chi connectivity index (χ0) is 11.5. The number of hydrogen-bond acceptors (Lipinski definition) is 4. The van der Waals surface area contributed by atoms with Crippen molar-refractivity contribution in [3.8, 4) is 0 Å². The first-order valence-corrected chi connectivity index (χ1v) is 7.17. The Labute approximate surface area is 111 Å². The van der Waals surface area contributed by atoms with E-state index in [4.69, 9.17) is 0 Å². The normalized spacial score (nSPS) is 10.4. The molecule has 2 heterocycles. The summed E-state index contributed by atoms with van der Waals surface area (Å²) in [6, 6.07) is 5.96. The van der Waals surface area contributed by atoms with Crippen LogP contribution in [0.1, 0.15) is 14.5 Å². The molecule has 0 radical (unpaired) electrons. The van der Waals surface area contributed by atoms with Crippen LogP contribution in [-0.4, -0.2) is 13.3 Å². The topological polar surface area (TPSA) is 20.3 Å². The fourth-order valence-corrected chi connectivity index (χ4v) is 3.64. The molecule has 0 aliphatic rings. The molecule has 0 atom stereocenters. The number of anilines is 1. The quantitative estimate of drug-likeness (QED) is 0.794. The van der Waals surface area contributed by atoms with E-state index in [1.54, 1.807) is 11.3 Å². The Morgan fingerprint density at radius 1 is 1.50 bits per heavy atom. The minimum Gasteiger partial charge on any atom is -0.361 e. The standard InChI is InChI=1S/C11H10BrNOS2/c1-13(5-10-4-8(12)7-15-10)11-3-2-9(6-14)16-11/h2-4,6-7H,5H2,1H3.